The predicted molar refractivity (Wildman–Crippen MR) is 65.4 cm³/mol. The van der Waals surface area contributed by atoms with Gasteiger partial charge >= 0.3 is 6.09 Å². The van der Waals surface area contributed by atoms with Gasteiger partial charge in [-0.25, -0.2) is 4.79 Å². The molecule has 2 aliphatic rings. The highest BCUT2D eigenvalue weighted by Crippen LogP contribution is 2.32. The van der Waals surface area contributed by atoms with Crippen molar-refractivity contribution in [1.82, 2.24) is 5.32 Å². The van der Waals surface area contributed by atoms with Crippen molar-refractivity contribution in [2.75, 3.05) is 6.61 Å². The number of carboxylic acid groups (broad SMARTS) is 1. The Balaban J connectivity index is 2.03. The maximum absolute atomic E-state index is 12.2. The highest BCUT2D eigenvalue weighted by atomic mass is 16.6. The third kappa shape index (κ3) is 2.90. The number of hydrogen-bond donors (Lipinski definition) is 2. The summed E-state index contributed by atoms with van der Waals surface area (Å²) < 4.78 is 5.10. The maximum Gasteiger partial charge on any atom is 0.405 e. The Labute approximate surface area is 106 Å². The fraction of sp³-hybridized carbons (Fsp3) is 0.692. The summed E-state index contributed by atoms with van der Waals surface area (Å²) in [6.07, 6.45) is 3.47. The number of rotatable bonds is 5. The van der Waals surface area contributed by atoms with Crippen molar-refractivity contribution >= 4 is 11.9 Å². The number of epoxide rings is 1. The molecule has 0 radical (unpaired) electrons. The Hall–Kier alpha value is -1.36. The first-order chi connectivity index (χ1) is 8.40. The van der Waals surface area contributed by atoms with Gasteiger partial charge in [0.05, 0.1) is 12.6 Å². The molecule has 1 heterocycles. The van der Waals surface area contributed by atoms with E-state index in [0.717, 1.165) is 12.8 Å². The van der Waals surface area contributed by atoms with Crippen molar-refractivity contribution in [2.45, 2.75) is 44.8 Å². The van der Waals surface area contributed by atoms with E-state index in [0.29, 0.717) is 18.9 Å². The van der Waals surface area contributed by atoms with Crippen molar-refractivity contribution in [3.05, 3.63) is 11.6 Å². The highest BCUT2D eigenvalue weighted by Gasteiger charge is 2.50. The van der Waals surface area contributed by atoms with Crippen LogP contribution in [0.2, 0.25) is 0 Å². The molecule has 0 spiro atoms. The lowest BCUT2D eigenvalue weighted by atomic mass is 9.95. The van der Waals surface area contributed by atoms with Gasteiger partial charge in [-0.05, 0) is 32.1 Å². The van der Waals surface area contributed by atoms with Crippen molar-refractivity contribution in [1.29, 1.82) is 0 Å². The third-order valence-electron chi connectivity index (χ3n) is 3.62. The van der Waals surface area contributed by atoms with Crippen LogP contribution in [-0.2, 0) is 9.53 Å². The van der Waals surface area contributed by atoms with Crippen molar-refractivity contribution in [2.24, 2.45) is 5.92 Å². The lowest BCUT2D eigenvalue weighted by Gasteiger charge is -2.18. The van der Waals surface area contributed by atoms with Crippen LogP contribution < -0.4 is 5.32 Å². The Bertz CT molecular complexity index is 398. The number of ketones is 1. The summed E-state index contributed by atoms with van der Waals surface area (Å²) >= 11 is 0. The quantitative estimate of drug-likeness (QED) is 0.577. The smallest absolute Gasteiger partial charge is 0.405 e. The summed E-state index contributed by atoms with van der Waals surface area (Å²) in [6, 6.07) is -0.688. The van der Waals surface area contributed by atoms with Gasteiger partial charge in [0, 0.05) is 0 Å². The Kier molecular flexibility index (Phi) is 3.43. The molecular weight excluding hydrogens is 234 g/mol. The molecule has 1 aliphatic heterocycles. The van der Waals surface area contributed by atoms with Crippen LogP contribution in [0.25, 0.3) is 0 Å². The topological polar surface area (TPSA) is 78.9 Å². The number of carbonyl (C=O) groups is 2. The van der Waals surface area contributed by atoms with Gasteiger partial charge in [-0.15, -0.1) is 0 Å². The number of allylic oxidation sites excluding steroid dienone is 1. The maximum atomic E-state index is 12.2. The molecule has 5 heteroatoms. The van der Waals surface area contributed by atoms with Crippen LogP contribution in [0.5, 0.6) is 0 Å². The summed E-state index contributed by atoms with van der Waals surface area (Å²) in [6.45, 7) is 4.22. The second-order valence-corrected chi connectivity index (χ2v) is 5.43. The average molecular weight is 253 g/mol. The molecule has 5 nitrogen and oxygen atoms in total. The van der Waals surface area contributed by atoms with Gasteiger partial charge in [0.1, 0.15) is 5.60 Å². The van der Waals surface area contributed by atoms with E-state index < -0.39 is 17.7 Å². The molecule has 1 aliphatic carbocycles. The molecule has 0 aromatic heterocycles. The standard InChI is InChI=1S/C13H19NO4/c1-8-3-4-9(5-8)6-10(14-12(16)17)11(15)13(2)7-18-13/h5,8,10,14H,3-4,6-7H2,1-2H3,(H,16,17)/t8?,10-,13?/m0/s1. The fourth-order valence-electron chi connectivity index (χ4n) is 2.39. The molecule has 0 bridgehead atoms. The second-order valence-electron chi connectivity index (χ2n) is 5.43. The third-order valence-corrected chi connectivity index (χ3v) is 3.62. The van der Waals surface area contributed by atoms with Crippen molar-refractivity contribution < 1.29 is 19.4 Å². The van der Waals surface area contributed by atoms with Gasteiger partial charge in [0.2, 0.25) is 0 Å². The molecule has 18 heavy (non-hydrogen) atoms. The molecule has 2 N–H and O–H groups in total. The van der Waals surface area contributed by atoms with Crippen LogP contribution in [-0.4, -0.2) is 35.2 Å². The van der Waals surface area contributed by atoms with Gasteiger partial charge < -0.3 is 15.2 Å². The number of amides is 1. The van der Waals surface area contributed by atoms with E-state index in [1.165, 1.54) is 5.57 Å². The molecule has 1 saturated heterocycles. The SMILES string of the molecule is CC1C=C(C[C@H](NC(=O)O)C(=O)C2(C)CO2)CC1. The molecule has 2 unspecified atom stereocenters. The van der Waals surface area contributed by atoms with Crippen LogP contribution in [0.4, 0.5) is 4.79 Å². The van der Waals surface area contributed by atoms with E-state index in [9.17, 15) is 9.59 Å². The highest BCUT2D eigenvalue weighted by molar-refractivity contribution is 5.95. The number of ether oxygens (including phenoxy) is 1. The lowest BCUT2D eigenvalue weighted by molar-refractivity contribution is -0.125. The van der Waals surface area contributed by atoms with E-state index in [4.69, 9.17) is 9.84 Å². The molecule has 0 aromatic carbocycles. The average Bonchev–Trinajstić information content (AvgIpc) is 2.90. The number of carbonyl (C=O) groups excluding carboxylic acids is 1. The molecular formula is C13H19NO4. The summed E-state index contributed by atoms with van der Waals surface area (Å²) in [5, 5.41) is 11.1. The van der Waals surface area contributed by atoms with E-state index in [1.54, 1.807) is 6.92 Å². The molecule has 3 atom stereocenters. The van der Waals surface area contributed by atoms with Gasteiger partial charge in [-0.1, -0.05) is 18.6 Å². The van der Waals surface area contributed by atoms with Gasteiger partial charge in [0.25, 0.3) is 0 Å². The first-order valence-electron chi connectivity index (χ1n) is 6.28. The fourth-order valence-corrected chi connectivity index (χ4v) is 2.39. The van der Waals surface area contributed by atoms with Crippen LogP contribution in [0.1, 0.15) is 33.1 Å². The largest absolute Gasteiger partial charge is 0.465 e. The Morgan fingerprint density at radius 2 is 2.33 bits per heavy atom. The minimum atomic E-state index is -1.16. The summed E-state index contributed by atoms with van der Waals surface area (Å²) in [5.41, 5.74) is 0.386. The zero-order valence-corrected chi connectivity index (χ0v) is 10.7. The first kappa shape index (κ1) is 13.1. The Morgan fingerprint density at radius 3 is 2.78 bits per heavy atom. The molecule has 1 fully saturated rings. The first-order valence-corrected chi connectivity index (χ1v) is 6.28. The summed E-state index contributed by atoms with van der Waals surface area (Å²) in [5.74, 6) is 0.360. The minimum absolute atomic E-state index is 0.162. The second kappa shape index (κ2) is 4.72. The zero-order chi connectivity index (χ0) is 13.3. The number of hydrogen-bond acceptors (Lipinski definition) is 3. The van der Waals surface area contributed by atoms with Crippen molar-refractivity contribution in [3.63, 3.8) is 0 Å². The molecule has 100 valence electrons. The molecule has 0 aromatic rings. The monoisotopic (exact) mass is 253 g/mol. The predicted octanol–water partition coefficient (Wildman–Crippen LogP) is 1.73. The molecule has 0 saturated carbocycles. The minimum Gasteiger partial charge on any atom is -0.465 e. The summed E-state index contributed by atoms with van der Waals surface area (Å²) in [7, 11) is 0. The summed E-state index contributed by atoms with van der Waals surface area (Å²) in [4.78, 5) is 22.9. The van der Waals surface area contributed by atoms with E-state index >= 15 is 0 Å². The number of nitrogens with one attached hydrogen (secondary N) is 1. The lowest BCUT2D eigenvalue weighted by Crippen LogP contribution is -2.45. The molecule has 2 rings (SSSR count). The number of Topliss-reactive ketones (excluding diaryl/α,β-unsaturated/α-hetero) is 1. The van der Waals surface area contributed by atoms with Gasteiger partial charge in [-0.3, -0.25) is 4.79 Å². The van der Waals surface area contributed by atoms with Crippen LogP contribution >= 0.6 is 0 Å². The van der Waals surface area contributed by atoms with E-state index in [2.05, 4.69) is 18.3 Å². The van der Waals surface area contributed by atoms with Crippen LogP contribution in [0.3, 0.4) is 0 Å². The Morgan fingerprint density at radius 1 is 1.67 bits per heavy atom. The van der Waals surface area contributed by atoms with Crippen LogP contribution in [0, 0.1) is 5.92 Å². The van der Waals surface area contributed by atoms with Gasteiger partial charge in [0.15, 0.2) is 5.78 Å². The molecule has 1 amide bonds. The zero-order valence-electron chi connectivity index (χ0n) is 10.7. The van der Waals surface area contributed by atoms with Crippen molar-refractivity contribution in [3.8, 4) is 0 Å². The van der Waals surface area contributed by atoms with E-state index in [-0.39, 0.29) is 5.78 Å². The van der Waals surface area contributed by atoms with Gasteiger partial charge in [-0.2, -0.15) is 0 Å². The van der Waals surface area contributed by atoms with Crippen LogP contribution in [0.15, 0.2) is 11.6 Å². The normalized spacial score (nSPS) is 31.7. The van der Waals surface area contributed by atoms with E-state index in [1.807, 2.05) is 0 Å².